The third kappa shape index (κ3) is 3.05. The van der Waals surface area contributed by atoms with Gasteiger partial charge in [0.25, 0.3) is 0 Å². The molecule has 3 rings (SSSR count). The Morgan fingerprint density at radius 3 is 2.24 bits per heavy atom. The van der Waals surface area contributed by atoms with Gasteiger partial charge in [0.15, 0.2) is 11.6 Å². The molecule has 2 heterocycles. The van der Waals surface area contributed by atoms with Crippen molar-refractivity contribution < 1.29 is 8.78 Å². The van der Waals surface area contributed by atoms with Gasteiger partial charge in [-0.05, 0) is 30.3 Å². The molecular weight excluding hydrogens is 337 g/mol. The molecule has 0 spiro atoms. The summed E-state index contributed by atoms with van der Waals surface area (Å²) in [5.41, 5.74) is 1.78. The van der Waals surface area contributed by atoms with Crippen molar-refractivity contribution in [2.24, 2.45) is 0 Å². The standard InChI is InChI=1S/C14H6Cl2F2N2S/c15-12-4-8(5-13(16)20-12)14-19-11(6-21-14)7-1-2-9(17)10(18)3-7/h1-6H. The summed E-state index contributed by atoms with van der Waals surface area (Å²) >= 11 is 13.1. The van der Waals surface area contributed by atoms with Gasteiger partial charge in [-0.2, -0.15) is 0 Å². The predicted octanol–water partition coefficient (Wildman–Crippen LogP) is 5.46. The molecule has 7 heteroatoms. The summed E-state index contributed by atoms with van der Waals surface area (Å²) in [5, 5.41) is 2.95. The minimum Gasteiger partial charge on any atom is -0.236 e. The van der Waals surface area contributed by atoms with Gasteiger partial charge < -0.3 is 0 Å². The fourth-order valence-corrected chi connectivity index (χ4v) is 3.06. The molecule has 0 bridgehead atoms. The monoisotopic (exact) mass is 342 g/mol. The summed E-state index contributed by atoms with van der Waals surface area (Å²) in [5.74, 6) is -1.79. The van der Waals surface area contributed by atoms with Crippen LogP contribution < -0.4 is 0 Å². The maximum Gasteiger partial charge on any atom is 0.159 e. The zero-order valence-corrected chi connectivity index (χ0v) is 12.6. The fourth-order valence-electron chi connectivity index (χ4n) is 1.78. The number of thiazole rings is 1. The lowest BCUT2D eigenvalue weighted by Crippen LogP contribution is -1.86. The Kier molecular flexibility index (Phi) is 3.89. The molecule has 0 saturated heterocycles. The molecule has 106 valence electrons. The maximum absolute atomic E-state index is 13.3. The maximum atomic E-state index is 13.3. The smallest absolute Gasteiger partial charge is 0.159 e. The number of hydrogen-bond acceptors (Lipinski definition) is 3. The first-order valence-electron chi connectivity index (χ1n) is 5.77. The van der Waals surface area contributed by atoms with Crippen molar-refractivity contribution in [3.63, 3.8) is 0 Å². The van der Waals surface area contributed by atoms with Crippen LogP contribution >= 0.6 is 34.5 Å². The van der Waals surface area contributed by atoms with Gasteiger partial charge in [-0.1, -0.05) is 23.2 Å². The first-order chi connectivity index (χ1) is 10.0. The van der Waals surface area contributed by atoms with E-state index in [4.69, 9.17) is 23.2 Å². The highest BCUT2D eigenvalue weighted by atomic mass is 35.5. The SMILES string of the molecule is Fc1ccc(-c2csc(-c3cc(Cl)nc(Cl)c3)n2)cc1F. The Balaban J connectivity index is 2.01. The van der Waals surface area contributed by atoms with Crippen molar-refractivity contribution in [2.75, 3.05) is 0 Å². The lowest BCUT2D eigenvalue weighted by molar-refractivity contribution is 0.509. The molecule has 0 radical (unpaired) electrons. The van der Waals surface area contributed by atoms with Crippen molar-refractivity contribution >= 4 is 34.5 Å². The first-order valence-corrected chi connectivity index (χ1v) is 7.41. The molecule has 0 aliphatic carbocycles. The molecule has 0 unspecified atom stereocenters. The Labute approximate surface area is 133 Å². The van der Waals surface area contributed by atoms with Crippen LogP contribution in [0.4, 0.5) is 8.78 Å². The Hall–Kier alpha value is -1.56. The van der Waals surface area contributed by atoms with Crippen LogP contribution in [0.1, 0.15) is 0 Å². The minimum atomic E-state index is -0.906. The van der Waals surface area contributed by atoms with E-state index in [1.807, 2.05) is 0 Å². The molecule has 0 amide bonds. The van der Waals surface area contributed by atoms with Crippen LogP contribution in [0.2, 0.25) is 10.3 Å². The molecule has 1 aromatic carbocycles. The van der Waals surface area contributed by atoms with Gasteiger partial charge in [-0.25, -0.2) is 18.7 Å². The average molecular weight is 343 g/mol. The van der Waals surface area contributed by atoms with Crippen LogP contribution in [0.5, 0.6) is 0 Å². The third-order valence-electron chi connectivity index (χ3n) is 2.73. The molecule has 0 N–H and O–H groups in total. The molecule has 0 fully saturated rings. The Morgan fingerprint density at radius 1 is 0.857 bits per heavy atom. The molecule has 0 aliphatic heterocycles. The molecule has 0 saturated carbocycles. The van der Waals surface area contributed by atoms with Gasteiger partial charge in [0.2, 0.25) is 0 Å². The highest BCUT2D eigenvalue weighted by Crippen LogP contribution is 2.31. The normalized spacial score (nSPS) is 10.9. The minimum absolute atomic E-state index is 0.266. The van der Waals surface area contributed by atoms with Gasteiger partial charge >= 0.3 is 0 Å². The summed E-state index contributed by atoms with van der Waals surface area (Å²) in [4.78, 5) is 8.25. The summed E-state index contributed by atoms with van der Waals surface area (Å²) in [7, 11) is 0. The van der Waals surface area contributed by atoms with E-state index in [0.717, 1.165) is 17.7 Å². The average Bonchev–Trinajstić information content (AvgIpc) is 2.90. The second kappa shape index (κ2) is 5.67. The zero-order chi connectivity index (χ0) is 15.0. The van der Waals surface area contributed by atoms with E-state index in [-0.39, 0.29) is 10.3 Å². The summed E-state index contributed by atoms with van der Waals surface area (Å²) in [6.07, 6.45) is 0. The highest BCUT2D eigenvalue weighted by molar-refractivity contribution is 7.13. The van der Waals surface area contributed by atoms with Crippen LogP contribution in [-0.2, 0) is 0 Å². The van der Waals surface area contributed by atoms with Crippen LogP contribution in [0.3, 0.4) is 0 Å². The summed E-state index contributed by atoms with van der Waals surface area (Å²) < 4.78 is 26.2. The van der Waals surface area contributed by atoms with Crippen LogP contribution in [0.15, 0.2) is 35.7 Å². The number of nitrogens with zero attached hydrogens (tertiary/aromatic N) is 2. The van der Waals surface area contributed by atoms with Gasteiger partial charge in [-0.3, -0.25) is 0 Å². The quantitative estimate of drug-likeness (QED) is 0.578. The Bertz CT molecular complexity index is 800. The van der Waals surface area contributed by atoms with Crippen LogP contribution in [0, 0.1) is 11.6 Å². The van der Waals surface area contributed by atoms with E-state index in [1.54, 1.807) is 17.5 Å². The van der Waals surface area contributed by atoms with Gasteiger partial charge in [0.1, 0.15) is 15.3 Å². The molecule has 21 heavy (non-hydrogen) atoms. The second-order valence-electron chi connectivity index (χ2n) is 4.17. The van der Waals surface area contributed by atoms with Crippen molar-refractivity contribution in [3.05, 3.63) is 57.7 Å². The molecule has 0 aliphatic rings. The van der Waals surface area contributed by atoms with Crippen molar-refractivity contribution in [1.29, 1.82) is 0 Å². The van der Waals surface area contributed by atoms with Gasteiger partial charge in [0.05, 0.1) is 5.69 Å². The van der Waals surface area contributed by atoms with Crippen molar-refractivity contribution in [3.8, 4) is 21.8 Å². The number of aromatic nitrogens is 2. The van der Waals surface area contributed by atoms with E-state index in [2.05, 4.69) is 9.97 Å². The van der Waals surface area contributed by atoms with Gasteiger partial charge in [0, 0.05) is 16.5 Å². The van der Waals surface area contributed by atoms with E-state index < -0.39 is 11.6 Å². The number of benzene rings is 1. The first kappa shape index (κ1) is 14.4. The topological polar surface area (TPSA) is 25.8 Å². The van der Waals surface area contributed by atoms with Crippen molar-refractivity contribution in [1.82, 2.24) is 9.97 Å². The second-order valence-corrected chi connectivity index (χ2v) is 5.80. The van der Waals surface area contributed by atoms with Crippen LogP contribution in [-0.4, -0.2) is 9.97 Å². The van der Waals surface area contributed by atoms with E-state index >= 15 is 0 Å². The summed E-state index contributed by atoms with van der Waals surface area (Å²) in [6.45, 7) is 0. The lowest BCUT2D eigenvalue weighted by Gasteiger charge is -1.99. The van der Waals surface area contributed by atoms with E-state index in [0.29, 0.717) is 16.3 Å². The third-order valence-corrected chi connectivity index (χ3v) is 4.01. The molecular formula is C14H6Cl2F2N2S. The van der Waals surface area contributed by atoms with Crippen LogP contribution in [0.25, 0.3) is 21.8 Å². The Morgan fingerprint density at radius 2 is 1.57 bits per heavy atom. The van der Waals surface area contributed by atoms with Crippen molar-refractivity contribution in [2.45, 2.75) is 0 Å². The number of hydrogen-bond donors (Lipinski definition) is 0. The fraction of sp³-hybridized carbons (Fsp3) is 0. The zero-order valence-electron chi connectivity index (χ0n) is 10.3. The number of halogens is 4. The summed E-state index contributed by atoms with van der Waals surface area (Å²) in [6, 6.07) is 6.94. The van der Waals surface area contributed by atoms with Gasteiger partial charge in [-0.15, -0.1) is 11.3 Å². The van der Waals surface area contributed by atoms with E-state index in [1.165, 1.54) is 17.4 Å². The number of rotatable bonds is 2. The number of pyridine rings is 1. The molecule has 2 aromatic heterocycles. The largest absolute Gasteiger partial charge is 0.236 e. The van der Waals surface area contributed by atoms with E-state index in [9.17, 15) is 8.78 Å². The predicted molar refractivity (Wildman–Crippen MR) is 80.7 cm³/mol. The molecule has 3 aromatic rings. The lowest BCUT2D eigenvalue weighted by atomic mass is 10.1. The molecule has 0 atom stereocenters. The highest BCUT2D eigenvalue weighted by Gasteiger charge is 2.11. The molecule has 2 nitrogen and oxygen atoms in total.